The van der Waals surface area contributed by atoms with Crippen LogP contribution in [0.3, 0.4) is 0 Å². The lowest BCUT2D eigenvalue weighted by atomic mass is 9.86. The Hall–Kier alpha value is -0.465. The SMILES string of the molecule is [B]C(C)CC(=O)NCC(C)C. The van der Waals surface area contributed by atoms with Gasteiger partial charge >= 0.3 is 0 Å². The van der Waals surface area contributed by atoms with Gasteiger partial charge in [-0.05, 0) is 5.92 Å². The van der Waals surface area contributed by atoms with Crippen molar-refractivity contribution in [3.63, 3.8) is 0 Å². The second-order valence-electron chi connectivity index (χ2n) is 3.38. The van der Waals surface area contributed by atoms with Crippen molar-refractivity contribution in [1.82, 2.24) is 5.32 Å². The fourth-order valence-electron chi connectivity index (χ4n) is 0.683. The Bertz CT molecular complexity index is 123. The van der Waals surface area contributed by atoms with E-state index in [4.69, 9.17) is 7.85 Å². The maximum Gasteiger partial charge on any atom is 0.219 e. The highest BCUT2D eigenvalue weighted by atomic mass is 16.1. The summed E-state index contributed by atoms with van der Waals surface area (Å²) in [5, 5.41) is 2.79. The van der Waals surface area contributed by atoms with E-state index in [1.54, 1.807) is 0 Å². The molecule has 0 aromatic heterocycles. The minimum atomic E-state index is -0.0397. The van der Waals surface area contributed by atoms with Gasteiger partial charge in [0.05, 0.1) is 7.85 Å². The van der Waals surface area contributed by atoms with Crippen molar-refractivity contribution in [2.24, 2.45) is 5.92 Å². The van der Waals surface area contributed by atoms with Crippen molar-refractivity contribution in [3.8, 4) is 0 Å². The van der Waals surface area contributed by atoms with Gasteiger partial charge < -0.3 is 5.32 Å². The van der Waals surface area contributed by atoms with Gasteiger partial charge in [-0.25, -0.2) is 0 Å². The molecule has 62 valence electrons. The van der Waals surface area contributed by atoms with Crippen LogP contribution in [0.5, 0.6) is 0 Å². The van der Waals surface area contributed by atoms with Crippen LogP contribution in [0, 0.1) is 5.92 Å². The summed E-state index contributed by atoms with van der Waals surface area (Å²) in [4.78, 5) is 11.0. The quantitative estimate of drug-likeness (QED) is 0.602. The van der Waals surface area contributed by atoms with Crippen LogP contribution in [0.1, 0.15) is 27.2 Å². The molecule has 0 bridgehead atoms. The highest BCUT2D eigenvalue weighted by molar-refractivity contribution is 6.12. The first-order valence-corrected chi connectivity index (χ1v) is 4.04. The summed E-state index contributed by atoms with van der Waals surface area (Å²) in [6.45, 7) is 6.69. The minimum Gasteiger partial charge on any atom is -0.356 e. The van der Waals surface area contributed by atoms with Gasteiger partial charge in [0.2, 0.25) is 5.91 Å². The molecule has 0 heterocycles. The second kappa shape index (κ2) is 5.22. The lowest BCUT2D eigenvalue weighted by Crippen LogP contribution is -2.27. The number of carbonyl (C=O) groups excluding carboxylic acids is 1. The summed E-state index contributed by atoms with van der Waals surface area (Å²) in [7, 11) is 5.44. The van der Waals surface area contributed by atoms with Crippen LogP contribution >= 0.6 is 0 Å². The van der Waals surface area contributed by atoms with E-state index >= 15 is 0 Å². The molecule has 0 aliphatic heterocycles. The summed E-state index contributed by atoms with van der Waals surface area (Å²) >= 11 is 0. The third-order valence-electron chi connectivity index (χ3n) is 1.21. The number of nitrogens with one attached hydrogen (secondary N) is 1. The van der Waals surface area contributed by atoms with E-state index in [-0.39, 0.29) is 11.7 Å². The predicted octanol–water partition coefficient (Wildman–Crippen LogP) is 1.13. The van der Waals surface area contributed by atoms with E-state index in [0.717, 1.165) is 6.54 Å². The monoisotopic (exact) mass is 153 g/mol. The third-order valence-corrected chi connectivity index (χ3v) is 1.21. The van der Waals surface area contributed by atoms with Gasteiger partial charge in [0.1, 0.15) is 0 Å². The summed E-state index contributed by atoms with van der Waals surface area (Å²) in [6, 6.07) is 0. The molecule has 3 heteroatoms. The van der Waals surface area contributed by atoms with Crippen molar-refractivity contribution in [2.45, 2.75) is 33.0 Å². The lowest BCUT2D eigenvalue weighted by molar-refractivity contribution is -0.121. The maximum atomic E-state index is 11.0. The zero-order valence-corrected chi connectivity index (χ0v) is 7.55. The molecular formula is C8H16BNO. The summed E-state index contributed by atoms with van der Waals surface area (Å²) in [6.07, 6.45) is 0.423. The number of amides is 1. The summed E-state index contributed by atoms with van der Waals surface area (Å²) in [5.41, 5.74) is 0. The Kier molecular flexibility index (Phi) is 5.00. The minimum absolute atomic E-state index is 0.0397. The molecular weight excluding hydrogens is 137 g/mol. The van der Waals surface area contributed by atoms with Gasteiger partial charge in [-0.2, -0.15) is 0 Å². The number of hydrogen-bond donors (Lipinski definition) is 1. The molecule has 1 unspecified atom stereocenters. The molecule has 0 aromatic carbocycles. The zero-order valence-electron chi connectivity index (χ0n) is 7.55. The van der Waals surface area contributed by atoms with Gasteiger partial charge in [-0.1, -0.05) is 26.6 Å². The zero-order chi connectivity index (χ0) is 8.85. The highest BCUT2D eigenvalue weighted by Gasteiger charge is 2.03. The Morgan fingerprint density at radius 1 is 1.45 bits per heavy atom. The average molecular weight is 153 g/mol. The largest absolute Gasteiger partial charge is 0.356 e. The second-order valence-corrected chi connectivity index (χ2v) is 3.38. The first-order valence-electron chi connectivity index (χ1n) is 4.04. The Morgan fingerprint density at radius 2 is 2.00 bits per heavy atom. The van der Waals surface area contributed by atoms with Gasteiger partial charge in [-0.3, -0.25) is 4.79 Å². The molecule has 0 fully saturated rings. The Morgan fingerprint density at radius 3 is 2.36 bits per heavy atom. The van der Waals surface area contributed by atoms with Crippen LogP contribution in [0.2, 0.25) is 5.82 Å². The third kappa shape index (κ3) is 7.43. The molecule has 1 amide bonds. The van der Waals surface area contributed by atoms with E-state index in [0.29, 0.717) is 12.3 Å². The van der Waals surface area contributed by atoms with Crippen LogP contribution in [0.15, 0.2) is 0 Å². The first-order chi connectivity index (χ1) is 5.02. The molecule has 0 spiro atoms. The van der Waals surface area contributed by atoms with Crippen LogP contribution in [-0.4, -0.2) is 20.3 Å². The molecule has 11 heavy (non-hydrogen) atoms. The van der Waals surface area contributed by atoms with Crippen LogP contribution in [0.25, 0.3) is 0 Å². The molecule has 2 radical (unpaired) electrons. The number of carbonyl (C=O) groups is 1. The predicted molar refractivity (Wildman–Crippen MR) is 47.6 cm³/mol. The van der Waals surface area contributed by atoms with E-state index in [2.05, 4.69) is 19.2 Å². The smallest absolute Gasteiger partial charge is 0.219 e. The molecule has 0 aromatic rings. The normalized spacial score (nSPS) is 13.1. The van der Waals surface area contributed by atoms with E-state index in [1.807, 2.05) is 6.92 Å². The van der Waals surface area contributed by atoms with Crippen LogP contribution < -0.4 is 5.32 Å². The topological polar surface area (TPSA) is 29.1 Å². The van der Waals surface area contributed by atoms with Crippen molar-refractivity contribution in [1.29, 1.82) is 0 Å². The van der Waals surface area contributed by atoms with Crippen molar-refractivity contribution >= 4 is 13.8 Å². The van der Waals surface area contributed by atoms with E-state index < -0.39 is 0 Å². The Labute approximate surface area is 70.2 Å². The molecule has 2 nitrogen and oxygen atoms in total. The standard InChI is InChI=1S/C8H16BNO/c1-6(2)5-10-8(11)4-7(3)9/h6-7H,4-5H2,1-3H3,(H,10,11). The van der Waals surface area contributed by atoms with Gasteiger partial charge in [0.25, 0.3) is 0 Å². The molecule has 0 rings (SSSR count). The number of rotatable bonds is 4. The Balaban J connectivity index is 3.38. The molecule has 1 atom stereocenters. The average Bonchev–Trinajstić information content (AvgIpc) is 1.82. The van der Waals surface area contributed by atoms with Crippen molar-refractivity contribution in [2.75, 3.05) is 6.54 Å². The molecule has 0 aliphatic carbocycles. The summed E-state index contributed by atoms with van der Waals surface area (Å²) < 4.78 is 0. The van der Waals surface area contributed by atoms with Gasteiger partial charge in [0.15, 0.2) is 0 Å². The fourth-order valence-corrected chi connectivity index (χ4v) is 0.683. The fraction of sp³-hybridized carbons (Fsp3) is 0.875. The lowest BCUT2D eigenvalue weighted by Gasteiger charge is -2.08. The summed E-state index contributed by atoms with van der Waals surface area (Å²) in [5.74, 6) is 0.517. The van der Waals surface area contributed by atoms with Crippen LogP contribution in [-0.2, 0) is 4.79 Å². The van der Waals surface area contributed by atoms with Crippen molar-refractivity contribution in [3.05, 3.63) is 0 Å². The number of hydrogen-bond acceptors (Lipinski definition) is 1. The molecule has 0 saturated heterocycles. The molecule has 0 saturated carbocycles. The van der Waals surface area contributed by atoms with Crippen molar-refractivity contribution < 1.29 is 4.79 Å². The molecule has 1 N–H and O–H groups in total. The maximum absolute atomic E-state index is 11.0. The molecule has 0 aliphatic rings. The van der Waals surface area contributed by atoms with Gasteiger partial charge in [0, 0.05) is 13.0 Å². The van der Waals surface area contributed by atoms with Crippen LogP contribution in [0.4, 0.5) is 0 Å². The van der Waals surface area contributed by atoms with E-state index in [1.165, 1.54) is 0 Å². The van der Waals surface area contributed by atoms with E-state index in [9.17, 15) is 4.79 Å². The first kappa shape index (κ1) is 10.5. The van der Waals surface area contributed by atoms with Gasteiger partial charge in [-0.15, -0.1) is 0 Å². The highest BCUT2D eigenvalue weighted by Crippen LogP contribution is 2.01.